The standard InChI is InChI=1S/C18H23N3O4S/c19-13-18(9-1-2-10-18)20-17(23)14-5-7-16(8-6-14)26(24,25)21-11-3-4-15(22)12-21/h5-8,15,22H,1-4,9-12H2,(H,20,23)/t15-/m1/s1. The summed E-state index contributed by atoms with van der Waals surface area (Å²) in [5.74, 6) is -0.370. The second-order valence-corrected chi connectivity index (χ2v) is 8.98. The Balaban J connectivity index is 1.74. The molecule has 1 aliphatic carbocycles. The molecule has 0 aromatic heterocycles. The minimum absolute atomic E-state index is 0.0925. The third kappa shape index (κ3) is 3.75. The number of amides is 1. The van der Waals surface area contributed by atoms with Crippen LogP contribution in [-0.2, 0) is 10.0 Å². The monoisotopic (exact) mass is 377 g/mol. The van der Waals surface area contributed by atoms with Gasteiger partial charge in [-0.15, -0.1) is 0 Å². The summed E-state index contributed by atoms with van der Waals surface area (Å²) < 4.78 is 26.6. The Bertz CT molecular complexity index is 808. The van der Waals surface area contributed by atoms with E-state index < -0.39 is 21.7 Å². The highest BCUT2D eigenvalue weighted by atomic mass is 32.2. The van der Waals surface area contributed by atoms with Gasteiger partial charge in [0.25, 0.3) is 5.91 Å². The average Bonchev–Trinajstić information content (AvgIpc) is 3.11. The van der Waals surface area contributed by atoms with Gasteiger partial charge < -0.3 is 10.4 Å². The van der Waals surface area contributed by atoms with Crippen LogP contribution in [0.1, 0.15) is 48.9 Å². The first-order valence-electron chi connectivity index (χ1n) is 8.88. The van der Waals surface area contributed by atoms with Crippen LogP contribution in [-0.4, -0.2) is 48.5 Å². The van der Waals surface area contributed by atoms with Gasteiger partial charge >= 0.3 is 0 Å². The zero-order valence-corrected chi connectivity index (χ0v) is 15.3. The molecule has 0 bridgehead atoms. The van der Waals surface area contributed by atoms with E-state index in [4.69, 9.17) is 0 Å². The van der Waals surface area contributed by atoms with Gasteiger partial charge in [0, 0.05) is 18.7 Å². The van der Waals surface area contributed by atoms with Gasteiger partial charge in [-0.3, -0.25) is 4.79 Å². The normalized spacial score (nSPS) is 23.3. The van der Waals surface area contributed by atoms with Crippen molar-refractivity contribution >= 4 is 15.9 Å². The molecule has 1 aromatic rings. The fourth-order valence-corrected chi connectivity index (χ4v) is 5.12. The third-order valence-electron chi connectivity index (χ3n) is 5.14. The van der Waals surface area contributed by atoms with Crippen LogP contribution in [0.4, 0.5) is 0 Å². The summed E-state index contributed by atoms with van der Waals surface area (Å²) in [7, 11) is -3.69. The second kappa shape index (κ2) is 7.35. The Hall–Kier alpha value is -1.95. The first kappa shape index (κ1) is 18.8. The number of sulfonamides is 1. The average molecular weight is 377 g/mol. The molecule has 0 spiro atoms. The smallest absolute Gasteiger partial charge is 0.252 e. The lowest BCUT2D eigenvalue weighted by atomic mass is 9.99. The van der Waals surface area contributed by atoms with Gasteiger partial charge in [0.05, 0.1) is 17.1 Å². The number of aliphatic hydroxyl groups excluding tert-OH is 1. The van der Waals surface area contributed by atoms with Gasteiger partial charge in [-0.05, 0) is 62.8 Å². The zero-order chi connectivity index (χ0) is 18.8. The molecule has 3 rings (SSSR count). The summed E-state index contributed by atoms with van der Waals surface area (Å²) in [5, 5.41) is 21.9. The number of carbonyl (C=O) groups excluding carboxylic acids is 1. The highest BCUT2D eigenvalue weighted by Crippen LogP contribution is 2.29. The van der Waals surface area contributed by atoms with Crippen molar-refractivity contribution in [3.63, 3.8) is 0 Å². The van der Waals surface area contributed by atoms with E-state index >= 15 is 0 Å². The topological polar surface area (TPSA) is 110 Å². The Labute approximate surface area is 153 Å². The Kier molecular flexibility index (Phi) is 5.32. The van der Waals surface area contributed by atoms with Crippen LogP contribution in [0.25, 0.3) is 0 Å². The Morgan fingerprint density at radius 3 is 2.46 bits per heavy atom. The molecule has 1 aromatic carbocycles. The molecule has 2 fully saturated rings. The van der Waals surface area contributed by atoms with E-state index in [2.05, 4.69) is 11.4 Å². The van der Waals surface area contributed by atoms with Gasteiger partial charge in [-0.25, -0.2) is 8.42 Å². The molecule has 1 saturated carbocycles. The lowest BCUT2D eigenvalue weighted by Crippen LogP contribution is -2.45. The summed E-state index contributed by atoms with van der Waals surface area (Å²) in [6, 6.07) is 7.93. The van der Waals surface area contributed by atoms with Crippen LogP contribution < -0.4 is 5.32 Å². The van der Waals surface area contributed by atoms with Crippen molar-refractivity contribution in [3.8, 4) is 6.07 Å². The summed E-state index contributed by atoms with van der Waals surface area (Å²) in [6.07, 6.45) is 3.68. The van der Waals surface area contributed by atoms with E-state index in [0.717, 1.165) is 12.8 Å². The predicted octanol–water partition coefficient (Wildman–Crippen LogP) is 1.40. The Morgan fingerprint density at radius 1 is 1.23 bits per heavy atom. The zero-order valence-electron chi connectivity index (χ0n) is 14.5. The summed E-state index contributed by atoms with van der Waals surface area (Å²) in [6.45, 7) is 0.474. The number of hydrogen-bond donors (Lipinski definition) is 2. The maximum Gasteiger partial charge on any atom is 0.252 e. The van der Waals surface area contributed by atoms with E-state index in [1.165, 1.54) is 28.6 Å². The van der Waals surface area contributed by atoms with Gasteiger partial charge in [-0.1, -0.05) is 0 Å². The molecule has 1 amide bonds. The fourth-order valence-electron chi connectivity index (χ4n) is 3.60. The van der Waals surface area contributed by atoms with E-state index in [0.29, 0.717) is 37.8 Å². The SMILES string of the molecule is N#CC1(NC(=O)c2ccc(S(=O)(=O)N3CCC[C@@H](O)C3)cc2)CCCC1. The van der Waals surface area contributed by atoms with Crippen molar-refractivity contribution in [2.75, 3.05) is 13.1 Å². The molecular formula is C18H23N3O4S. The molecule has 2 N–H and O–H groups in total. The van der Waals surface area contributed by atoms with Crippen molar-refractivity contribution in [3.05, 3.63) is 29.8 Å². The van der Waals surface area contributed by atoms with Crippen LogP contribution in [0.15, 0.2) is 29.2 Å². The van der Waals surface area contributed by atoms with E-state index in [-0.39, 0.29) is 17.3 Å². The number of hydrogen-bond acceptors (Lipinski definition) is 5. The first-order chi connectivity index (χ1) is 12.4. The third-order valence-corrected chi connectivity index (χ3v) is 7.02. The molecule has 1 aliphatic heterocycles. The maximum absolute atomic E-state index is 12.7. The van der Waals surface area contributed by atoms with Crippen LogP contribution in [0.5, 0.6) is 0 Å². The quantitative estimate of drug-likeness (QED) is 0.824. The largest absolute Gasteiger partial charge is 0.392 e. The minimum atomic E-state index is -3.69. The molecule has 0 unspecified atom stereocenters. The summed E-state index contributed by atoms with van der Waals surface area (Å²) >= 11 is 0. The lowest BCUT2D eigenvalue weighted by Gasteiger charge is -2.29. The second-order valence-electron chi connectivity index (χ2n) is 7.04. The fraction of sp³-hybridized carbons (Fsp3) is 0.556. The Morgan fingerprint density at radius 2 is 1.88 bits per heavy atom. The highest BCUT2D eigenvalue weighted by molar-refractivity contribution is 7.89. The van der Waals surface area contributed by atoms with E-state index in [1.807, 2.05) is 0 Å². The van der Waals surface area contributed by atoms with Gasteiger partial charge in [0.1, 0.15) is 5.54 Å². The van der Waals surface area contributed by atoms with E-state index in [1.54, 1.807) is 0 Å². The highest BCUT2D eigenvalue weighted by Gasteiger charge is 2.35. The number of aliphatic hydroxyl groups is 1. The number of carbonyl (C=O) groups is 1. The number of rotatable bonds is 4. The molecule has 2 aliphatic rings. The van der Waals surface area contributed by atoms with Crippen LogP contribution in [0, 0.1) is 11.3 Å². The molecule has 140 valence electrons. The summed E-state index contributed by atoms with van der Waals surface area (Å²) in [4.78, 5) is 12.5. The number of nitrogens with one attached hydrogen (secondary N) is 1. The van der Waals surface area contributed by atoms with Crippen molar-refractivity contribution in [2.24, 2.45) is 0 Å². The van der Waals surface area contributed by atoms with Gasteiger partial charge in [-0.2, -0.15) is 9.57 Å². The van der Waals surface area contributed by atoms with Crippen molar-refractivity contribution in [2.45, 2.75) is 55.1 Å². The van der Waals surface area contributed by atoms with E-state index in [9.17, 15) is 23.6 Å². The van der Waals surface area contributed by atoms with Gasteiger partial charge in [0.15, 0.2) is 0 Å². The van der Waals surface area contributed by atoms with Crippen LogP contribution in [0.2, 0.25) is 0 Å². The van der Waals surface area contributed by atoms with Crippen LogP contribution in [0.3, 0.4) is 0 Å². The number of piperidine rings is 1. The minimum Gasteiger partial charge on any atom is -0.392 e. The van der Waals surface area contributed by atoms with Crippen molar-refractivity contribution in [1.29, 1.82) is 5.26 Å². The molecular weight excluding hydrogens is 354 g/mol. The van der Waals surface area contributed by atoms with Crippen molar-refractivity contribution < 1.29 is 18.3 Å². The number of β-amino-alcohol motifs (C(OH)–C–C–N with tert-alkyl or cyclic N) is 1. The lowest BCUT2D eigenvalue weighted by molar-refractivity contribution is 0.0920. The summed E-state index contributed by atoms with van der Waals surface area (Å²) in [5.41, 5.74) is -0.490. The molecule has 7 nitrogen and oxygen atoms in total. The molecule has 8 heteroatoms. The van der Waals surface area contributed by atoms with Gasteiger partial charge in [0.2, 0.25) is 10.0 Å². The number of nitrogens with zero attached hydrogens (tertiary/aromatic N) is 2. The van der Waals surface area contributed by atoms with Crippen LogP contribution >= 0.6 is 0 Å². The maximum atomic E-state index is 12.7. The molecule has 1 atom stereocenters. The number of nitriles is 1. The predicted molar refractivity (Wildman–Crippen MR) is 94.7 cm³/mol. The molecule has 0 radical (unpaired) electrons. The van der Waals surface area contributed by atoms with Crippen molar-refractivity contribution in [1.82, 2.24) is 9.62 Å². The molecule has 1 saturated heterocycles. The first-order valence-corrected chi connectivity index (χ1v) is 10.3. The molecule has 1 heterocycles. The molecule has 26 heavy (non-hydrogen) atoms. The number of benzene rings is 1.